The first kappa shape index (κ1) is 13.2. The van der Waals surface area contributed by atoms with Crippen molar-refractivity contribution in [1.29, 1.82) is 5.26 Å². The van der Waals surface area contributed by atoms with Crippen LogP contribution in [0.15, 0.2) is 12.1 Å². The Hall–Kier alpha value is -2.20. The lowest BCUT2D eigenvalue weighted by Crippen LogP contribution is -2.26. The zero-order chi connectivity index (χ0) is 13.7. The van der Waals surface area contributed by atoms with Crippen LogP contribution in [0.25, 0.3) is 0 Å². The summed E-state index contributed by atoms with van der Waals surface area (Å²) in [5.41, 5.74) is -0.413. The highest BCUT2D eigenvalue weighted by molar-refractivity contribution is 5.50. The maximum atomic E-state index is 10.7. The van der Waals surface area contributed by atoms with Crippen molar-refractivity contribution in [1.82, 2.24) is 9.88 Å². The number of rotatable bonds is 5. The molecule has 100 valence electrons. The number of aromatic nitrogens is 1. The molecule has 0 bridgehead atoms. The smallest absolute Gasteiger partial charge is 0.305 e. The monoisotopic (exact) mass is 261 g/mol. The van der Waals surface area contributed by atoms with E-state index in [-0.39, 0.29) is 11.4 Å². The molecule has 1 N–H and O–H groups in total. The first-order chi connectivity index (χ1) is 9.20. The molecule has 1 aromatic heterocycles. The summed E-state index contributed by atoms with van der Waals surface area (Å²) in [4.78, 5) is 16.4. The molecule has 0 atom stereocenters. The Balaban J connectivity index is 1.93. The van der Waals surface area contributed by atoms with Crippen molar-refractivity contribution in [3.05, 3.63) is 27.9 Å². The van der Waals surface area contributed by atoms with Gasteiger partial charge in [-0.15, -0.1) is 0 Å². The van der Waals surface area contributed by atoms with E-state index in [9.17, 15) is 10.1 Å². The second-order valence-electron chi connectivity index (χ2n) is 4.41. The molecule has 1 aliphatic heterocycles. The highest BCUT2D eigenvalue weighted by Gasteiger charge is 2.15. The lowest BCUT2D eigenvalue weighted by molar-refractivity contribution is -0.385. The third kappa shape index (κ3) is 3.39. The van der Waals surface area contributed by atoms with Crippen molar-refractivity contribution < 1.29 is 4.92 Å². The molecule has 0 aromatic carbocycles. The van der Waals surface area contributed by atoms with Gasteiger partial charge in [0.2, 0.25) is 5.69 Å². The predicted molar refractivity (Wildman–Crippen MR) is 69.8 cm³/mol. The molecule has 0 spiro atoms. The van der Waals surface area contributed by atoms with Gasteiger partial charge in [-0.05, 0) is 32.0 Å². The normalized spacial score (nSPS) is 15.1. The summed E-state index contributed by atoms with van der Waals surface area (Å²) in [5, 5.41) is 22.6. The molecule has 2 heterocycles. The molecule has 0 unspecified atom stereocenters. The van der Waals surface area contributed by atoms with Crippen molar-refractivity contribution in [3.8, 4) is 6.07 Å². The Bertz CT molecular complexity index is 505. The molecule has 0 aliphatic carbocycles. The molecular formula is C12H15N5O2. The molecule has 1 aliphatic rings. The van der Waals surface area contributed by atoms with Crippen LogP contribution in [-0.4, -0.2) is 41.0 Å². The van der Waals surface area contributed by atoms with Crippen LogP contribution in [0.3, 0.4) is 0 Å². The summed E-state index contributed by atoms with van der Waals surface area (Å²) >= 11 is 0. The Morgan fingerprint density at radius 2 is 2.21 bits per heavy atom. The first-order valence-corrected chi connectivity index (χ1v) is 6.22. The van der Waals surface area contributed by atoms with Gasteiger partial charge in [0, 0.05) is 19.2 Å². The molecule has 2 rings (SSSR count). The number of anilines is 1. The molecular weight excluding hydrogens is 246 g/mol. The minimum atomic E-state index is -0.598. The van der Waals surface area contributed by atoms with Crippen LogP contribution >= 0.6 is 0 Å². The molecule has 0 amide bonds. The van der Waals surface area contributed by atoms with E-state index < -0.39 is 4.92 Å². The lowest BCUT2D eigenvalue weighted by atomic mass is 10.3. The molecule has 1 fully saturated rings. The summed E-state index contributed by atoms with van der Waals surface area (Å²) in [5.74, 6) is 0.501. The largest absolute Gasteiger partial charge is 0.369 e. The van der Waals surface area contributed by atoms with Crippen molar-refractivity contribution in [2.45, 2.75) is 12.8 Å². The van der Waals surface area contributed by atoms with Crippen LogP contribution in [-0.2, 0) is 0 Å². The number of nitrogens with one attached hydrogen (secondary N) is 1. The predicted octanol–water partition coefficient (Wildman–Crippen LogP) is 1.37. The summed E-state index contributed by atoms with van der Waals surface area (Å²) in [7, 11) is 0. The number of nitrogens with zero attached hydrogens (tertiary/aromatic N) is 4. The third-order valence-electron chi connectivity index (χ3n) is 3.11. The van der Waals surface area contributed by atoms with Gasteiger partial charge < -0.3 is 10.2 Å². The van der Waals surface area contributed by atoms with Gasteiger partial charge in [0.15, 0.2) is 0 Å². The fourth-order valence-electron chi connectivity index (χ4n) is 2.13. The van der Waals surface area contributed by atoms with Gasteiger partial charge >= 0.3 is 5.69 Å². The average molecular weight is 261 g/mol. The van der Waals surface area contributed by atoms with E-state index in [4.69, 9.17) is 5.26 Å². The Morgan fingerprint density at radius 1 is 1.47 bits per heavy atom. The second-order valence-corrected chi connectivity index (χ2v) is 4.41. The van der Waals surface area contributed by atoms with Crippen molar-refractivity contribution in [2.75, 3.05) is 31.5 Å². The van der Waals surface area contributed by atoms with Crippen molar-refractivity contribution >= 4 is 11.5 Å². The number of nitriles is 1. The number of pyridine rings is 1. The Morgan fingerprint density at radius 3 is 2.84 bits per heavy atom. The van der Waals surface area contributed by atoms with Crippen LogP contribution in [0.4, 0.5) is 11.5 Å². The van der Waals surface area contributed by atoms with E-state index in [1.807, 2.05) is 0 Å². The molecule has 7 heteroatoms. The van der Waals surface area contributed by atoms with Gasteiger partial charge in [0.05, 0.1) is 4.92 Å². The Labute approximate surface area is 111 Å². The molecule has 0 saturated carbocycles. The van der Waals surface area contributed by atoms with E-state index >= 15 is 0 Å². The van der Waals surface area contributed by atoms with Gasteiger partial charge in [0.25, 0.3) is 0 Å². The average Bonchev–Trinajstić information content (AvgIpc) is 2.91. The van der Waals surface area contributed by atoms with Gasteiger partial charge in [-0.25, -0.2) is 4.98 Å². The fourth-order valence-corrected chi connectivity index (χ4v) is 2.13. The van der Waals surface area contributed by atoms with Crippen LogP contribution in [0.2, 0.25) is 0 Å². The number of nitro groups is 1. The molecule has 19 heavy (non-hydrogen) atoms. The van der Waals surface area contributed by atoms with Gasteiger partial charge in [-0.1, -0.05) is 0 Å². The highest BCUT2D eigenvalue weighted by atomic mass is 16.6. The quantitative estimate of drug-likeness (QED) is 0.635. The number of likely N-dealkylation sites (tertiary alicyclic amines) is 1. The molecule has 1 aromatic rings. The SMILES string of the molecule is N#Cc1nc(NCCN2CCCC2)ccc1[N+](=O)[O-]. The zero-order valence-electron chi connectivity index (χ0n) is 10.5. The second kappa shape index (κ2) is 6.11. The van der Waals surface area contributed by atoms with E-state index in [1.54, 1.807) is 6.07 Å². The summed E-state index contributed by atoms with van der Waals surface area (Å²) < 4.78 is 0. The summed E-state index contributed by atoms with van der Waals surface area (Å²) in [6.07, 6.45) is 2.49. The van der Waals surface area contributed by atoms with E-state index in [2.05, 4.69) is 15.2 Å². The molecule has 1 saturated heterocycles. The van der Waals surface area contributed by atoms with Crippen LogP contribution in [0, 0.1) is 21.4 Å². The van der Waals surface area contributed by atoms with E-state index in [0.29, 0.717) is 5.82 Å². The third-order valence-corrected chi connectivity index (χ3v) is 3.11. The molecule has 0 radical (unpaired) electrons. The number of hydrogen-bond acceptors (Lipinski definition) is 6. The Kier molecular flexibility index (Phi) is 4.26. The van der Waals surface area contributed by atoms with Gasteiger partial charge in [-0.3, -0.25) is 10.1 Å². The topological polar surface area (TPSA) is 95.1 Å². The zero-order valence-corrected chi connectivity index (χ0v) is 10.5. The fraction of sp³-hybridized carbons (Fsp3) is 0.500. The number of hydrogen-bond donors (Lipinski definition) is 1. The van der Waals surface area contributed by atoms with Crippen LogP contribution in [0.1, 0.15) is 18.5 Å². The van der Waals surface area contributed by atoms with Crippen LogP contribution in [0.5, 0.6) is 0 Å². The van der Waals surface area contributed by atoms with Gasteiger partial charge in [0.1, 0.15) is 11.9 Å². The van der Waals surface area contributed by atoms with Crippen molar-refractivity contribution in [3.63, 3.8) is 0 Å². The minimum Gasteiger partial charge on any atom is -0.369 e. The maximum absolute atomic E-state index is 10.7. The van der Waals surface area contributed by atoms with Crippen molar-refractivity contribution in [2.24, 2.45) is 0 Å². The van der Waals surface area contributed by atoms with E-state index in [1.165, 1.54) is 25.0 Å². The minimum absolute atomic E-state index is 0.156. The standard InChI is InChI=1S/C12H15N5O2/c13-9-10-11(17(18)19)3-4-12(15-10)14-5-8-16-6-1-2-7-16/h3-4H,1-2,5-8H2,(H,14,15). The first-order valence-electron chi connectivity index (χ1n) is 6.22. The van der Waals surface area contributed by atoms with E-state index in [0.717, 1.165) is 26.2 Å². The lowest BCUT2D eigenvalue weighted by Gasteiger charge is -2.14. The summed E-state index contributed by atoms with van der Waals surface area (Å²) in [6.45, 7) is 3.88. The highest BCUT2D eigenvalue weighted by Crippen LogP contribution is 2.17. The maximum Gasteiger partial charge on any atom is 0.305 e. The summed E-state index contributed by atoms with van der Waals surface area (Å²) in [6, 6.07) is 4.59. The van der Waals surface area contributed by atoms with Crippen LogP contribution < -0.4 is 5.32 Å². The van der Waals surface area contributed by atoms with Gasteiger partial charge in [-0.2, -0.15) is 5.26 Å². The molecule has 7 nitrogen and oxygen atoms in total.